The van der Waals surface area contributed by atoms with Gasteiger partial charge in [-0.05, 0) is 44.8 Å². The van der Waals surface area contributed by atoms with Crippen LogP contribution in [0.25, 0.3) is 0 Å². The monoisotopic (exact) mass is 412 g/mol. The highest BCUT2D eigenvalue weighted by atomic mass is 16.2. The smallest absolute Gasteiger partial charge is 0.250 e. The van der Waals surface area contributed by atoms with Gasteiger partial charge in [-0.25, -0.2) is 0 Å². The van der Waals surface area contributed by atoms with Gasteiger partial charge in [0.2, 0.25) is 11.8 Å². The van der Waals surface area contributed by atoms with Crippen molar-refractivity contribution >= 4 is 23.6 Å². The minimum Gasteiger partial charge on any atom is -0.352 e. The van der Waals surface area contributed by atoms with E-state index in [1.54, 1.807) is 29.0 Å². The number of hydrogen-bond acceptors (Lipinski definition) is 4. The van der Waals surface area contributed by atoms with Gasteiger partial charge in [-0.3, -0.25) is 14.4 Å². The van der Waals surface area contributed by atoms with E-state index in [9.17, 15) is 14.4 Å². The molecule has 2 aliphatic heterocycles. The van der Waals surface area contributed by atoms with Crippen LogP contribution in [0.3, 0.4) is 0 Å². The number of carbonyl (C=O) groups excluding carboxylic acids is 3. The first-order valence-electron chi connectivity index (χ1n) is 11.3. The van der Waals surface area contributed by atoms with Crippen molar-refractivity contribution in [1.82, 2.24) is 15.1 Å². The van der Waals surface area contributed by atoms with Crippen molar-refractivity contribution in [2.45, 2.75) is 88.8 Å². The van der Waals surface area contributed by atoms with Gasteiger partial charge < -0.3 is 15.1 Å². The molecule has 30 heavy (non-hydrogen) atoms. The molecule has 7 heteroatoms. The average molecular weight is 413 g/mol. The Morgan fingerprint density at radius 1 is 1.13 bits per heavy atom. The number of rotatable bonds is 5. The fourth-order valence-corrected chi connectivity index (χ4v) is 5.24. The van der Waals surface area contributed by atoms with Crippen LogP contribution >= 0.6 is 0 Å². The summed E-state index contributed by atoms with van der Waals surface area (Å²) in [7, 11) is 0. The molecule has 0 saturated heterocycles. The molecule has 7 nitrogen and oxygen atoms in total. The normalized spacial score (nSPS) is 27.0. The molecule has 0 bridgehead atoms. The summed E-state index contributed by atoms with van der Waals surface area (Å²) < 4.78 is 0. The van der Waals surface area contributed by atoms with Crippen molar-refractivity contribution in [3.63, 3.8) is 0 Å². The molecule has 2 aliphatic carbocycles. The number of allylic oxidation sites excluding steroid dienone is 2. The molecule has 2 fully saturated rings. The zero-order valence-corrected chi connectivity index (χ0v) is 17.8. The largest absolute Gasteiger partial charge is 0.352 e. The van der Waals surface area contributed by atoms with Crippen molar-refractivity contribution in [2.24, 2.45) is 4.99 Å². The SMILES string of the molecule is CC1(C(=O)N(CC(=O)NC2CCCCC2)C2CCCC2)CC(=O)N=C2C=CC=CN21. The molecule has 4 rings (SSSR count). The van der Waals surface area contributed by atoms with Gasteiger partial charge in [-0.2, -0.15) is 4.99 Å². The van der Waals surface area contributed by atoms with Gasteiger partial charge in [0.1, 0.15) is 11.4 Å². The van der Waals surface area contributed by atoms with E-state index in [1.807, 2.05) is 12.2 Å². The van der Waals surface area contributed by atoms with E-state index in [1.165, 1.54) is 6.42 Å². The van der Waals surface area contributed by atoms with Crippen LogP contribution in [-0.2, 0) is 14.4 Å². The third kappa shape index (κ3) is 4.20. The lowest BCUT2D eigenvalue weighted by Crippen LogP contribution is -2.63. The number of fused-ring (bicyclic) bond motifs is 1. The molecule has 0 aromatic rings. The Labute approximate surface area is 178 Å². The van der Waals surface area contributed by atoms with Crippen molar-refractivity contribution in [2.75, 3.05) is 6.54 Å². The standard InChI is InChI=1S/C23H32N4O3/c1-23(15-20(28)25-19-13-7-8-14-27(19)23)22(30)26(18-11-5-6-12-18)16-21(29)24-17-9-3-2-4-10-17/h7-8,13-14,17-18H,2-6,9-12,15-16H2,1H3,(H,24,29). The van der Waals surface area contributed by atoms with Crippen LogP contribution in [0.2, 0.25) is 0 Å². The zero-order valence-electron chi connectivity index (χ0n) is 17.8. The topological polar surface area (TPSA) is 82.1 Å². The predicted molar refractivity (Wildman–Crippen MR) is 115 cm³/mol. The first-order chi connectivity index (χ1) is 14.5. The Morgan fingerprint density at radius 3 is 2.57 bits per heavy atom. The second-order valence-corrected chi connectivity index (χ2v) is 9.16. The van der Waals surface area contributed by atoms with E-state index < -0.39 is 5.54 Å². The molecule has 2 heterocycles. The maximum absolute atomic E-state index is 13.9. The van der Waals surface area contributed by atoms with Crippen LogP contribution in [0.4, 0.5) is 0 Å². The summed E-state index contributed by atoms with van der Waals surface area (Å²) in [5.41, 5.74) is -1.07. The molecule has 1 N–H and O–H groups in total. The van der Waals surface area contributed by atoms with Crippen LogP contribution in [-0.4, -0.2) is 57.5 Å². The summed E-state index contributed by atoms with van der Waals surface area (Å²) in [5, 5.41) is 3.15. The third-order valence-corrected chi connectivity index (χ3v) is 6.88. The zero-order chi connectivity index (χ0) is 21.1. The highest BCUT2D eigenvalue weighted by molar-refractivity contribution is 6.09. The number of aliphatic imine (C=N–C) groups is 1. The molecule has 2 saturated carbocycles. The summed E-state index contributed by atoms with van der Waals surface area (Å²) in [6.07, 6.45) is 16.7. The van der Waals surface area contributed by atoms with Crippen molar-refractivity contribution in [3.8, 4) is 0 Å². The fourth-order valence-electron chi connectivity index (χ4n) is 5.24. The number of amides is 3. The average Bonchev–Trinajstić information content (AvgIpc) is 3.27. The van der Waals surface area contributed by atoms with Gasteiger partial charge >= 0.3 is 0 Å². The second-order valence-electron chi connectivity index (χ2n) is 9.16. The number of carbonyl (C=O) groups is 3. The summed E-state index contributed by atoms with van der Waals surface area (Å²) in [6, 6.07) is 0.265. The lowest BCUT2D eigenvalue weighted by molar-refractivity contribution is -0.148. The quantitative estimate of drug-likeness (QED) is 0.753. The molecule has 0 radical (unpaired) electrons. The first kappa shape index (κ1) is 20.8. The van der Waals surface area contributed by atoms with Crippen LogP contribution in [0, 0.1) is 0 Å². The van der Waals surface area contributed by atoms with E-state index >= 15 is 0 Å². The lowest BCUT2D eigenvalue weighted by Gasteiger charge is -2.45. The Balaban J connectivity index is 1.54. The van der Waals surface area contributed by atoms with Crippen LogP contribution < -0.4 is 5.32 Å². The van der Waals surface area contributed by atoms with Gasteiger partial charge in [0.15, 0.2) is 0 Å². The minimum absolute atomic E-state index is 0.0149. The summed E-state index contributed by atoms with van der Waals surface area (Å²) in [4.78, 5) is 46.7. The minimum atomic E-state index is -1.07. The highest BCUT2D eigenvalue weighted by Gasteiger charge is 2.48. The summed E-state index contributed by atoms with van der Waals surface area (Å²) in [6.45, 7) is 1.86. The number of hydrogen-bond donors (Lipinski definition) is 1. The van der Waals surface area contributed by atoms with E-state index in [-0.39, 0.29) is 42.8 Å². The number of nitrogens with one attached hydrogen (secondary N) is 1. The maximum Gasteiger partial charge on any atom is 0.250 e. The number of amidine groups is 1. The van der Waals surface area contributed by atoms with Crippen LogP contribution in [0.1, 0.15) is 71.1 Å². The van der Waals surface area contributed by atoms with E-state index in [0.717, 1.165) is 51.4 Å². The van der Waals surface area contributed by atoms with Crippen molar-refractivity contribution in [3.05, 3.63) is 24.4 Å². The second kappa shape index (κ2) is 8.74. The van der Waals surface area contributed by atoms with E-state index in [0.29, 0.717) is 5.84 Å². The lowest BCUT2D eigenvalue weighted by atomic mass is 9.89. The van der Waals surface area contributed by atoms with Crippen molar-refractivity contribution in [1.29, 1.82) is 0 Å². The molecule has 3 amide bonds. The summed E-state index contributed by atoms with van der Waals surface area (Å²) >= 11 is 0. The molecule has 0 aromatic carbocycles. The molecular weight excluding hydrogens is 380 g/mol. The maximum atomic E-state index is 13.9. The molecule has 4 aliphatic rings. The van der Waals surface area contributed by atoms with Crippen molar-refractivity contribution < 1.29 is 14.4 Å². The van der Waals surface area contributed by atoms with Gasteiger partial charge in [-0.15, -0.1) is 0 Å². The van der Waals surface area contributed by atoms with Gasteiger partial charge in [0, 0.05) is 18.3 Å². The Hall–Kier alpha value is -2.44. The molecule has 0 spiro atoms. The van der Waals surface area contributed by atoms with E-state index in [2.05, 4.69) is 10.3 Å². The summed E-state index contributed by atoms with van der Waals surface area (Å²) in [5.74, 6) is -0.0533. The Kier molecular flexibility index (Phi) is 6.06. The molecular formula is C23H32N4O3. The van der Waals surface area contributed by atoms with Gasteiger partial charge in [0.05, 0.1) is 13.0 Å². The first-order valence-corrected chi connectivity index (χ1v) is 11.3. The molecule has 1 atom stereocenters. The molecule has 162 valence electrons. The predicted octanol–water partition coefficient (Wildman–Crippen LogP) is 2.68. The molecule has 0 aromatic heterocycles. The number of nitrogens with zero attached hydrogens (tertiary/aromatic N) is 3. The molecule has 1 unspecified atom stereocenters. The van der Waals surface area contributed by atoms with Gasteiger partial charge in [-0.1, -0.05) is 38.2 Å². The van der Waals surface area contributed by atoms with E-state index in [4.69, 9.17) is 0 Å². The van der Waals surface area contributed by atoms with Crippen LogP contribution in [0.5, 0.6) is 0 Å². The van der Waals surface area contributed by atoms with Gasteiger partial charge in [0.25, 0.3) is 5.91 Å². The third-order valence-electron chi connectivity index (χ3n) is 6.88. The Bertz CT molecular complexity index is 790. The van der Waals surface area contributed by atoms with Crippen LogP contribution in [0.15, 0.2) is 29.4 Å². The Morgan fingerprint density at radius 2 is 1.83 bits per heavy atom. The fraction of sp³-hybridized carbons (Fsp3) is 0.652. The highest BCUT2D eigenvalue weighted by Crippen LogP contribution is 2.33.